The molecule has 1 amide bonds. The summed E-state index contributed by atoms with van der Waals surface area (Å²) < 4.78 is 0. The van der Waals surface area contributed by atoms with Crippen molar-refractivity contribution >= 4 is 29.8 Å². The van der Waals surface area contributed by atoms with E-state index in [1.54, 1.807) is 18.3 Å². The molecule has 0 aliphatic rings. The highest BCUT2D eigenvalue weighted by Gasteiger charge is 2.12. The molecule has 0 unspecified atom stereocenters. The van der Waals surface area contributed by atoms with E-state index in [2.05, 4.69) is 20.7 Å². The van der Waals surface area contributed by atoms with Crippen molar-refractivity contribution in [3.05, 3.63) is 82.5 Å². The van der Waals surface area contributed by atoms with E-state index in [1.807, 2.05) is 61.5 Å². The lowest BCUT2D eigenvalue weighted by molar-refractivity contribution is 0.0950. The Morgan fingerprint density at radius 2 is 1.88 bits per heavy atom. The van der Waals surface area contributed by atoms with Gasteiger partial charge < -0.3 is 0 Å². The molecule has 0 aliphatic carbocycles. The highest BCUT2D eigenvalue weighted by Crippen LogP contribution is 2.26. The fourth-order valence-electron chi connectivity index (χ4n) is 2.35. The number of aromatic amines is 1. The molecule has 5 nitrogen and oxygen atoms in total. The highest BCUT2D eigenvalue weighted by molar-refractivity contribution is 6.33. The standard InChI is InChI=1S/C20H17ClN4O/c1-14(11-15-7-3-2-4-8-15)13-22-25-20(26)19-12-18(23-24-19)16-9-5-6-10-17(16)21/h2-13H,1H3,(H,23,24)(H,25,26). The lowest BCUT2D eigenvalue weighted by Gasteiger charge is -1.98. The first-order valence-corrected chi connectivity index (χ1v) is 8.38. The number of aromatic nitrogens is 2. The number of nitrogens with zero attached hydrogens (tertiary/aromatic N) is 2. The Kier molecular flexibility index (Phi) is 5.61. The summed E-state index contributed by atoms with van der Waals surface area (Å²) in [5.74, 6) is -0.375. The monoisotopic (exact) mass is 364 g/mol. The average Bonchev–Trinajstić information content (AvgIpc) is 3.13. The van der Waals surface area contributed by atoms with Crippen molar-refractivity contribution in [3.8, 4) is 11.3 Å². The first-order valence-electron chi connectivity index (χ1n) is 8.00. The quantitative estimate of drug-likeness (QED) is 0.515. The van der Waals surface area contributed by atoms with Gasteiger partial charge in [0, 0.05) is 5.56 Å². The molecule has 0 atom stereocenters. The number of rotatable bonds is 5. The third-order valence-corrected chi connectivity index (χ3v) is 3.93. The molecule has 3 aromatic rings. The molecule has 0 fully saturated rings. The number of nitrogens with one attached hydrogen (secondary N) is 2. The van der Waals surface area contributed by atoms with Gasteiger partial charge in [-0.1, -0.05) is 66.2 Å². The molecule has 1 heterocycles. The molecule has 0 saturated heterocycles. The van der Waals surface area contributed by atoms with Crippen molar-refractivity contribution < 1.29 is 4.79 Å². The van der Waals surface area contributed by atoms with Gasteiger partial charge in [-0.25, -0.2) is 5.43 Å². The van der Waals surface area contributed by atoms with Crippen LogP contribution in [0, 0.1) is 0 Å². The normalized spacial score (nSPS) is 11.7. The van der Waals surface area contributed by atoms with Gasteiger partial charge in [-0.15, -0.1) is 0 Å². The van der Waals surface area contributed by atoms with E-state index in [1.165, 1.54) is 0 Å². The van der Waals surface area contributed by atoms with Gasteiger partial charge in [0.2, 0.25) is 0 Å². The number of hydrazone groups is 1. The predicted octanol–water partition coefficient (Wildman–Crippen LogP) is 4.55. The number of benzene rings is 2. The molecule has 3 rings (SSSR count). The molecule has 0 aliphatic heterocycles. The zero-order valence-corrected chi connectivity index (χ0v) is 14.9. The van der Waals surface area contributed by atoms with Crippen LogP contribution in [-0.2, 0) is 0 Å². The van der Waals surface area contributed by atoms with Gasteiger partial charge in [0.05, 0.1) is 16.9 Å². The second kappa shape index (κ2) is 8.27. The Labute approximate surface area is 156 Å². The lowest BCUT2D eigenvalue weighted by atomic mass is 10.1. The zero-order chi connectivity index (χ0) is 18.4. The van der Waals surface area contributed by atoms with Gasteiger partial charge in [-0.2, -0.15) is 10.2 Å². The first-order chi connectivity index (χ1) is 12.6. The Morgan fingerprint density at radius 3 is 2.65 bits per heavy atom. The fraction of sp³-hybridized carbons (Fsp3) is 0.0500. The van der Waals surface area contributed by atoms with Crippen molar-refractivity contribution in [2.75, 3.05) is 0 Å². The summed E-state index contributed by atoms with van der Waals surface area (Å²) in [4.78, 5) is 12.2. The largest absolute Gasteiger partial charge is 0.289 e. The van der Waals surface area contributed by atoms with E-state index in [0.29, 0.717) is 16.4 Å². The summed E-state index contributed by atoms with van der Waals surface area (Å²) in [6, 6.07) is 18.8. The van der Waals surface area contributed by atoms with E-state index >= 15 is 0 Å². The minimum Gasteiger partial charge on any atom is -0.272 e. The summed E-state index contributed by atoms with van der Waals surface area (Å²) in [6.45, 7) is 1.91. The molecule has 2 N–H and O–H groups in total. The van der Waals surface area contributed by atoms with Crippen LogP contribution in [0.15, 0.2) is 71.3 Å². The van der Waals surface area contributed by atoms with Crippen LogP contribution in [0.5, 0.6) is 0 Å². The third-order valence-electron chi connectivity index (χ3n) is 3.60. The van der Waals surface area contributed by atoms with Crippen LogP contribution in [0.2, 0.25) is 5.02 Å². The minimum atomic E-state index is -0.375. The maximum atomic E-state index is 12.2. The summed E-state index contributed by atoms with van der Waals surface area (Å²) in [7, 11) is 0. The third kappa shape index (κ3) is 4.46. The maximum Gasteiger partial charge on any atom is 0.289 e. The van der Waals surface area contributed by atoms with Crippen LogP contribution >= 0.6 is 11.6 Å². The van der Waals surface area contributed by atoms with Gasteiger partial charge in [-0.05, 0) is 30.2 Å². The number of hydrogen-bond donors (Lipinski definition) is 2. The van der Waals surface area contributed by atoms with Gasteiger partial charge in [0.1, 0.15) is 5.69 Å². The van der Waals surface area contributed by atoms with Crippen LogP contribution < -0.4 is 5.43 Å². The van der Waals surface area contributed by atoms with Gasteiger partial charge >= 0.3 is 0 Å². The number of halogens is 1. The smallest absolute Gasteiger partial charge is 0.272 e. The second-order valence-electron chi connectivity index (χ2n) is 5.64. The average molecular weight is 365 g/mol. The number of carbonyl (C=O) groups is 1. The van der Waals surface area contributed by atoms with E-state index in [-0.39, 0.29) is 5.91 Å². The molecule has 26 heavy (non-hydrogen) atoms. The summed E-state index contributed by atoms with van der Waals surface area (Å²) in [6.07, 6.45) is 3.57. The van der Waals surface area contributed by atoms with Crippen LogP contribution in [0.4, 0.5) is 0 Å². The Hall–Kier alpha value is -3.18. The van der Waals surface area contributed by atoms with E-state index in [0.717, 1.165) is 16.7 Å². The summed E-state index contributed by atoms with van der Waals surface area (Å²) in [5, 5.41) is 11.4. The molecular formula is C20H17ClN4O. The lowest BCUT2D eigenvalue weighted by Crippen LogP contribution is -2.17. The van der Waals surface area contributed by atoms with E-state index in [4.69, 9.17) is 11.6 Å². The molecule has 0 radical (unpaired) electrons. The second-order valence-corrected chi connectivity index (χ2v) is 6.05. The Morgan fingerprint density at radius 1 is 1.15 bits per heavy atom. The van der Waals surface area contributed by atoms with Crippen molar-refractivity contribution in [2.45, 2.75) is 6.92 Å². The number of hydrogen-bond acceptors (Lipinski definition) is 3. The summed E-state index contributed by atoms with van der Waals surface area (Å²) in [5.41, 5.74) is 6.13. The number of amides is 1. The minimum absolute atomic E-state index is 0.307. The molecule has 130 valence electrons. The molecule has 0 saturated carbocycles. The van der Waals surface area contributed by atoms with Crippen LogP contribution in [0.3, 0.4) is 0 Å². The summed E-state index contributed by atoms with van der Waals surface area (Å²) >= 11 is 6.15. The Balaban J connectivity index is 1.64. The molecule has 6 heteroatoms. The number of H-pyrrole nitrogens is 1. The van der Waals surface area contributed by atoms with Gasteiger partial charge in [0.15, 0.2) is 0 Å². The molecule has 0 spiro atoms. The molecule has 0 bridgehead atoms. The van der Waals surface area contributed by atoms with Crippen molar-refractivity contribution in [3.63, 3.8) is 0 Å². The van der Waals surface area contributed by atoms with Gasteiger partial charge in [0.25, 0.3) is 5.91 Å². The molecule has 1 aromatic heterocycles. The van der Waals surface area contributed by atoms with Crippen molar-refractivity contribution in [1.29, 1.82) is 0 Å². The first kappa shape index (κ1) is 17.6. The predicted molar refractivity (Wildman–Crippen MR) is 105 cm³/mol. The molecular weight excluding hydrogens is 348 g/mol. The maximum absolute atomic E-state index is 12.2. The molecule has 2 aromatic carbocycles. The van der Waals surface area contributed by atoms with Crippen LogP contribution in [0.1, 0.15) is 23.0 Å². The number of allylic oxidation sites excluding steroid dienone is 1. The van der Waals surface area contributed by atoms with Crippen molar-refractivity contribution in [2.24, 2.45) is 5.10 Å². The Bertz CT molecular complexity index is 961. The SMILES string of the molecule is CC(C=NNC(=O)c1cc(-c2ccccc2Cl)n[nH]1)=Cc1ccccc1. The van der Waals surface area contributed by atoms with Crippen LogP contribution in [-0.4, -0.2) is 22.3 Å². The van der Waals surface area contributed by atoms with Gasteiger partial charge in [-0.3, -0.25) is 9.89 Å². The number of carbonyl (C=O) groups excluding carboxylic acids is 1. The zero-order valence-electron chi connectivity index (χ0n) is 14.1. The van der Waals surface area contributed by atoms with E-state index in [9.17, 15) is 4.79 Å². The van der Waals surface area contributed by atoms with Crippen LogP contribution in [0.25, 0.3) is 17.3 Å². The topological polar surface area (TPSA) is 70.1 Å². The van der Waals surface area contributed by atoms with E-state index < -0.39 is 0 Å². The fourth-order valence-corrected chi connectivity index (χ4v) is 2.58. The highest BCUT2D eigenvalue weighted by atomic mass is 35.5. The van der Waals surface area contributed by atoms with Crippen molar-refractivity contribution in [1.82, 2.24) is 15.6 Å².